The lowest BCUT2D eigenvalue weighted by atomic mass is 10.3. The molecular weight excluding hydrogens is 336 g/mol. The molecule has 0 aliphatic carbocycles. The molecule has 0 saturated carbocycles. The zero-order chi connectivity index (χ0) is 17.9. The highest BCUT2D eigenvalue weighted by Crippen LogP contribution is 2.16. The number of carbonyl (C=O) groups is 1. The topological polar surface area (TPSA) is 81.5 Å². The number of rotatable bonds is 6. The van der Waals surface area contributed by atoms with Crippen LogP contribution in [0.5, 0.6) is 11.8 Å². The molecule has 0 spiro atoms. The van der Waals surface area contributed by atoms with Crippen molar-refractivity contribution in [1.82, 2.24) is 9.97 Å². The van der Waals surface area contributed by atoms with Gasteiger partial charge in [0.1, 0.15) is 0 Å². The van der Waals surface area contributed by atoms with E-state index < -0.39 is 13.2 Å². The van der Waals surface area contributed by atoms with Gasteiger partial charge in [0.05, 0.1) is 12.2 Å². The zero-order valence-electron chi connectivity index (χ0n) is 12.0. The summed E-state index contributed by atoms with van der Waals surface area (Å²) in [5.41, 5.74) is 0.260. The third-order valence-corrected chi connectivity index (χ3v) is 2.35. The minimum absolute atomic E-state index is 0.0119. The van der Waals surface area contributed by atoms with Crippen molar-refractivity contribution < 1.29 is 36.9 Å². The van der Waals surface area contributed by atoms with Gasteiger partial charge < -0.3 is 14.6 Å². The summed E-state index contributed by atoms with van der Waals surface area (Å²) >= 11 is 0. The number of hydrogen-bond donors (Lipinski definition) is 1. The van der Waals surface area contributed by atoms with Crippen molar-refractivity contribution >= 4 is 6.29 Å². The lowest BCUT2D eigenvalue weighted by molar-refractivity contribution is -0.0544. The van der Waals surface area contributed by atoms with Gasteiger partial charge in [-0.15, -0.1) is 0 Å². The van der Waals surface area contributed by atoms with Crippen molar-refractivity contribution in [3.63, 3.8) is 0 Å². The van der Waals surface area contributed by atoms with Crippen molar-refractivity contribution in [3.05, 3.63) is 47.8 Å². The lowest BCUT2D eigenvalue weighted by Gasteiger charge is -2.05. The molecule has 0 aromatic carbocycles. The van der Waals surface area contributed by atoms with Crippen molar-refractivity contribution in [2.24, 2.45) is 0 Å². The Balaban J connectivity index is 0.000000240. The molecule has 1 N–H and O–H groups in total. The van der Waals surface area contributed by atoms with Crippen molar-refractivity contribution in [3.8, 4) is 11.8 Å². The van der Waals surface area contributed by atoms with E-state index >= 15 is 0 Å². The van der Waals surface area contributed by atoms with Crippen LogP contribution in [0.4, 0.5) is 17.6 Å². The average Bonchev–Trinajstić information content (AvgIpc) is 2.55. The average molecular weight is 348 g/mol. The van der Waals surface area contributed by atoms with Crippen LogP contribution in [0.15, 0.2) is 36.7 Å². The number of hydrogen-bond acceptors (Lipinski definition) is 6. The molecule has 0 saturated heterocycles. The van der Waals surface area contributed by atoms with E-state index in [0.29, 0.717) is 6.29 Å². The van der Waals surface area contributed by atoms with E-state index in [4.69, 9.17) is 5.11 Å². The van der Waals surface area contributed by atoms with Crippen LogP contribution in [0.2, 0.25) is 0 Å². The Bertz CT molecular complexity index is 644. The molecular formula is C14H12F4N2O4. The Hall–Kier alpha value is -2.75. The largest absolute Gasteiger partial charge is 0.417 e. The molecule has 10 heteroatoms. The number of halogens is 4. The van der Waals surface area contributed by atoms with Crippen LogP contribution >= 0.6 is 0 Å². The van der Waals surface area contributed by atoms with Gasteiger partial charge in [0.2, 0.25) is 11.8 Å². The van der Waals surface area contributed by atoms with Gasteiger partial charge in [-0.25, -0.2) is 9.97 Å². The highest BCUT2D eigenvalue weighted by molar-refractivity contribution is 5.77. The predicted molar refractivity (Wildman–Crippen MR) is 73.0 cm³/mol. The van der Waals surface area contributed by atoms with Crippen LogP contribution in [-0.4, -0.2) is 34.6 Å². The molecule has 130 valence electrons. The first-order valence-corrected chi connectivity index (χ1v) is 6.32. The Morgan fingerprint density at radius 3 is 2.08 bits per heavy atom. The fourth-order valence-corrected chi connectivity index (χ4v) is 1.41. The number of aldehydes is 1. The Morgan fingerprint density at radius 1 is 1.00 bits per heavy atom. The van der Waals surface area contributed by atoms with Gasteiger partial charge in [-0.05, 0) is 24.3 Å². The van der Waals surface area contributed by atoms with Crippen LogP contribution in [0.1, 0.15) is 15.9 Å². The molecule has 2 aromatic rings. The van der Waals surface area contributed by atoms with Gasteiger partial charge >= 0.3 is 13.2 Å². The number of ether oxygens (including phenoxy) is 2. The standard InChI is InChI=1S/C7H7F2NO2.C7H5F2NO2/c2*8-7(9)12-6-5(4-11)2-1-3-10-6/h1-3,7,11H,4H2;1-4,7H. The third kappa shape index (κ3) is 6.57. The molecule has 2 rings (SSSR count). The first-order valence-electron chi connectivity index (χ1n) is 6.32. The molecule has 2 aromatic heterocycles. The summed E-state index contributed by atoms with van der Waals surface area (Å²) in [6, 6.07) is 5.80. The summed E-state index contributed by atoms with van der Waals surface area (Å²) in [7, 11) is 0. The highest BCUT2D eigenvalue weighted by atomic mass is 19.3. The van der Waals surface area contributed by atoms with Gasteiger partial charge in [0.15, 0.2) is 6.29 Å². The molecule has 0 aliphatic rings. The minimum Gasteiger partial charge on any atom is -0.417 e. The van der Waals surface area contributed by atoms with Crippen LogP contribution < -0.4 is 9.47 Å². The van der Waals surface area contributed by atoms with Crippen LogP contribution in [0, 0.1) is 0 Å². The molecule has 2 heterocycles. The second kappa shape index (κ2) is 10.1. The van der Waals surface area contributed by atoms with E-state index in [0.717, 1.165) is 0 Å². The molecule has 0 amide bonds. The molecule has 0 radical (unpaired) electrons. The first kappa shape index (κ1) is 19.3. The predicted octanol–water partition coefficient (Wildman–Crippen LogP) is 2.67. The van der Waals surface area contributed by atoms with Gasteiger partial charge in [-0.1, -0.05) is 0 Å². The summed E-state index contributed by atoms with van der Waals surface area (Å²) in [5.74, 6) is -0.572. The summed E-state index contributed by atoms with van der Waals surface area (Å²) < 4.78 is 54.7. The Kier molecular flexibility index (Phi) is 8.13. The molecule has 0 bridgehead atoms. The van der Waals surface area contributed by atoms with E-state index in [-0.39, 0.29) is 29.5 Å². The van der Waals surface area contributed by atoms with Gasteiger partial charge in [0, 0.05) is 18.0 Å². The third-order valence-electron chi connectivity index (χ3n) is 2.35. The normalized spacial score (nSPS) is 10.1. The number of aliphatic hydroxyl groups excluding tert-OH is 1. The highest BCUT2D eigenvalue weighted by Gasteiger charge is 2.09. The maximum Gasteiger partial charge on any atom is 0.388 e. The Morgan fingerprint density at radius 2 is 1.54 bits per heavy atom. The summed E-state index contributed by atoms with van der Waals surface area (Å²) in [6.45, 7) is -6.24. The monoisotopic (exact) mass is 348 g/mol. The van der Waals surface area contributed by atoms with Crippen LogP contribution in [-0.2, 0) is 6.61 Å². The van der Waals surface area contributed by atoms with Gasteiger partial charge in [0.25, 0.3) is 0 Å². The second-order valence-corrected chi connectivity index (χ2v) is 3.90. The van der Waals surface area contributed by atoms with E-state index in [2.05, 4.69) is 19.4 Å². The SMILES string of the molecule is O=Cc1cccnc1OC(F)F.OCc1cccnc1OC(F)F. The van der Waals surface area contributed by atoms with E-state index in [1.54, 1.807) is 0 Å². The number of pyridine rings is 2. The van der Waals surface area contributed by atoms with Crippen LogP contribution in [0.3, 0.4) is 0 Å². The number of aliphatic hydroxyl groups is 1. The maximum atomic E-state index is 11.7. The maximum absolute atomic E-state index is 11.7. The number of nitrogens with zero attached hydrogens (tertiary/aromatic N) is 2. The molecule has 0 atom stereocenters. The fraction of sp³-hybridized carbons (Fsp3) is 0.214. The lowest BCUT2D eigenvalue weighted by Crippen LogP contribution is -2.05. The molecule has 0 unspecified atom stereocenters. The van der Waals surface area contributed by atoms with Gasteiger partial charge in [-0.3, -0.25) is 4.79 Å². The number of alkyl halides is 4. The summed E-state index contributed by atoms with van der Waals surface area (Å²) in [4.78, 5) is 17.2. The zero-order valence-corrected chi connectivity index (χ0v) is 12.0. The Labute approximate surface area is 133 Å². The van der Waals surface area contributed by atoms with E-state index in [1.165, 1.54) is 36.7 Å². The van der Waals surface area contributed by atoms with Crippen molar-refractivity contribution in [2.75, 3.05) is 0 Å². The molecule has 6 nitrogen and oxygen atoms in total. The molecule has 0 aliphatic heterocycles. The fourth-order valence-electron chi connectivity index (χ4n) is 1.41. The molecule has 24 heavy (non-hydrogen) atoms. The minimum atomic E-state index is -2.96. The van der Waals surface area contributed by atoms with E-state index in [1.807, 2.05) is 0 Å². The summed E-state index contributed by atoms with van der Waals surface area (Å²) in [6.07, 6.45) is 2.99. The van der Waals surface area contributed by atoms with Crippen molar-refractivity contribution in [2.45, 2.75) is 19.8 Å². The second-order valence-electron chi connectivity index (χ2n) is 3.90. The smallest absolute Gasteiger partial charge is 0.388 e. The number of aromatic nitrogens is 2. The quantitative estimate of drug-likeness (QED) is 0.638. The molecule has 0 fully saturated rings. The van der Waals surface area contributed by atoms with E-state index in [9.17, 15) is 22.4 Å². The first-order chi connectivity index (χ1) is 11.5. The van der Waals surface area contributed by atoms with Gasteiger partial charge in [-0.2, -0.15) is 17.6 Å². The summed E-state index contributed by atoms with van der Waals surface area (Å²) in [5, 5.41) is 8.67. The van der Waals surface area contributed by atoms with Crippen molar-refractivity contribution in [1.29, 1.82) is 0 Å². The number of carbonyl (C=O) groups excluding carboxylic acids is 1. The van der Waals surface area contributed by atoms with Crippen LogP contribution in [0.25, 0.3) is 0 Å².